The topological polar surface area (TPSA) is 93.7 Å². The van der Waals surface area contributed by atoms with E-state index >= 15 is 0 Å². The smallest absolute Gasteiger partial charge is 0.265 e. The number of anilines is 1. The predicted molar refractivity (Wildman–Crippen MR) is 109 cm³/mol. The van der Waals surface area contributed by atoms with E-state index in [1.165, 1.54) is 25.3 Å². The van der Waals surface area contributed by atoms with Crippen molar-refractivity contribution in [3.63, 3.8) is 0 Å². The monoisotopic (exact) mass is 426 g/mol. The number of methoxy groups -OCH3 is 1. The molecule has 2 aromatic carbocycles. The van der Waals surface area contributed by atoms with Gasteiger partial charge in [0.05, 0.1) is 17.7 Å². The van der Waals surface area contributed by atoms with Gasteiger partial charge in [-0.25, -0.2) is 13.1 Å². The molecule has 0 fully saturated rings. The van der Waals surface area contributed by atoms with E-state index in [2.05, 4.69) is 10.0 Å². The van der Waals surface area contributed by atoms with Crippen LogP contribution in [-0.2, 0) is 14.8 Å². The van der Waals surface area contributed by atoms with Gasteiger partial charge in [-0.15, -0.1) is 0 Å². The molecule has 152 valence electrons. The Bertz CT molecular complexity index is 930. The summed E-state index contributed by atoms with van der Waals surface area (Å²) in [6.45, 7) is 5.02. The van der Waals surface area contributed by atoms with Crippen LogP contribution < -0.4 is 19.5 Å². The highest BCUT2D eigenvalue weighted by Crippen LogP contribution is 2.28. The lowest BCUT2D eigenvalue weighted by molar-refractivity contribution is -0.122. The lowest BCUT2D eigenvalue weighted by Crippen LogP contribution is -2.31. The van der Waals surface area contributed by atoms with Crippen LogP contribution in [-0.4, -0.2) is 33.6 Å². The normalized spacial score (nSPS) is 12.5. The number of hydrogen-bond acceptors (Lipinski definition) is 5. The zero-order valence-corrected chi connectivity index (χ0v) is 17.6. The summed E-state index contributed by atoms with van der Waals surface area (Å²) < 4.78 is 38.1. The number of hydrogen-bond donors (Lipinski definition) is 2. The van der Waals surface area contributed by atoms with Crippen LogP contribution >= 0.6 is 11.6 Å². The van der Waals surface area contributed by atoms with Crippen LogP contribution in [0.15, 0.2) is 47.4 Å². The summed E-state index contributed by atoms with van der Waals surface area (Å²) in [5.74, 6) is 0.353. The average molecular weight is 427 g/mol. The Morgan fingerprint density at radius 3 is 2.29 bits per heavy atom. The Kier molecular flexibility index (Phi) is 7.29. The van der Waals surface area contributed by atoms with Crippen molar-refractivity contribution < 1.29 is 22.7 Å². The fraction of sp³-hybridized carbons (Fsp3) is 0.316. The van der Waals surface area contributed by atoms with Gasteiger partial charge < -0.3 is 14.8 Å². The third kappa shape index (κ3) is 5.85. The zero-order valence-electron chi connectivity index (χ0n) is 16.0. The number of benzene rings is 2. The highest BCUT2D eigenvalue weighted by molar-refractivity contribution is 7.89. The molecule has 0 aliphatic rings. The second-order valence-corrected chi connectivity index (χ2v) is 8.49. The van der Waals surface area contributed by atoms with Crippen molar-refractivity contribution in [3.8, 4) is 11.5 Å². The summed E-state index contributed by atoms with van der Waals surface area (Å²) in [5.41, 5.74) is 0.227. The first kappa shape index (κ1) is 22.0. The third-order valence-corrected chi connectivity index (χ3v) is 5.53. The second kappa shape index (κ2) is 9.27. The Morgan fingerprint density at radius 1 is 1.07 bits per heavy atom. The Hall–Kier alpha value is -2.29. The lowest BCUT2D eigenvalue weighted by Gasteiger charge is -2.17. The summed E-state index contributed by atoms with van der Waals surface area (Å²) in [6.07, 6.45) is -0.833. The van der Waals surface area contributed by atoms with Crippen LogP contribution in [0.1, 0.15) is 20.8 Å². The molecule has 0 radical (unpaired) electrons. The summed E-state index contributed by atoms with van der Waals surface area (Å²) in [4.78, 5) is 12.5. The van der Waals surface area contributed by atoms with Crippen molar-refractivity contribution in [1.82, 2.24) is 4.72 Å². The van der Waals surface area contributed by atoms with Gasteiger partial charge >= 0.3 is 0 Å². The molecule has 7 nitrogen and oxygen atoms in total. The fourth-order valence-electron chi connectivity index (χ4n) is 2.34. The molecule has 1 amide bonds. The molecule has 0 heterocycles. The molecular weight excluding hydrogens is 404 g/mol. The highest BCUT2D eigenvalue weighted by Gasteiger charge is 2.21. The van der Waals surface area contributed by atoms with Gasteiger partial charge in [-0.2, -0.15) is 0 Å². The molecule has 0 saturated heterocycles. The molecule has 2 aromatic rings. The molecule has 0 aromatic heterocycles. The molecule has 1 unspecified atom stereocenters. The molecule has 0 aliphatic carbocycles. The fourth-order valence-corrected chi connectivity index (χ4v) is 3.74. The van der Waals surface area contributed by atoms with E-state index in [-0.39, 0.29) is 16.6 Å². The van der Waals surface area contributed by atoms with Crippen molar-refractivity contribution in [2.45, 2.75) is 37.8 Å². The molecule has 0 bridgehead atoms. The van der Waals surface area contributed by atoms with Gasteiger partial charge in [-0.1, -0.05) is 11.6 Å². The number of halogens is 1. The van der Waals surface area contributed by atoms with Gasteiger partial charge in [0.25, 0.3) is 5.91 Å². The average Bonchev–Trinajstić information content (AvgIpc) is 2.62. The molecule has 1 atom stereocenters. The maximum atomic E-state index is 12.5. The van der Waals surface area contributed by atoms with Crippen LogP contribution in [0.25, 0.3) is 0 Å². The Labute approximate surface area is 170 Å². The number of ether oxygens (including phenoxy) is 2. The van der Waals surface area contributed by atoms with Gasteiger partial charge in [-0.05, 0) is 63.2 Å². The molecule has 2 rings (SSSR count). The molecule has 28 heavy (non-hydrogen) atoms. The molecule has 0 aliphatic heterocycles. The van der Waals surface area contributed by atoms with Gasteiger partial charge in [0.1, 0.15) is 11.5 Å². The van der Waals surface area contributed by atoms with E-state index in [4.69, 9.17) is 21.1 Å². The van der Waals surface area contributed by atoms with Gasteiger partial charge in [0.2, 0.25) is 10.0 Å². The van der Waals surface area contributed by atoms with Gasteiger partial charge in [-0.3, -0.25) is 4.79 Å². The minimum Gasteiger partial charge on any atom is -0.495 e. The maximum Gasteiger partial charge on any atom is 0.265 e. The predicted octanol–water partition coefficient (Wildman–Crippen LogP) is 3.44. The van der Waals surface area contributed by atoms with Crippen molar-refractivity contribution in [2.75, 3.05) is 12.4 Å². The number of rotatable bonds is 8. The van der Waals surface area contributed by atoms with Crippen LogP contribution in [0.5, 0.6) is 11.5 Å². The number of carbonyl (C=O) groups is 1. The van der Waals surface area contributed by atoms with Crippen molar-refractivity contribution in [1.29, 1.82) is 0 Å². The van der Waals surface area contributed by atoms with E-state index in [1.54, 1.807) is 45.0 Å². The van der Waals surface area contributed by atoms with Crippen LogP contribution in [0.2, 0.25) is 5.02 Å². The standard InChI is InChI=1S/C19H23ClN2O5S/c1-12(2)22-28(24,25)16-9-10-18(26-4)17(11-16)21-19(23)13(3)27-15-7-5-14(20)6-8-15/h5-13,22H,1-4H3,(H,21,23). The van der Waals surface area contributed by atoms with Gasteiger partial charge in [0, 0.05) is 11.1 Å². The summed E-state index contributed by atoms with van der Waals surface area (Å²) in [7, 11) is -2.29. The first-order valence-electron chi connectivity index (χ1n) is 8.56. The summed E-state index contributed by atoms with van der Waals surface area (Å²) in [6, 6.07) is 10.6. The van der Waals surface area contributed by atoms with E-state index in [1.807, 2.05) is 0 Å². The third-order valence-electron chi connectivity index (χ3n) is 3.63. The van der Waals surface area contributed by atoms with E-state index in [0.717, 1.165) is 0 Å². The number of sulfonamides is 1. The molecule has 0 spiro atoms. The minimum absolute atomic E-state index is 0.0172. The largest absolute Gasteiger partial charge is 0.495 e. The van der Waals surface area contributed by atoms with Crippen LogP contribution in [0, 0.1) is 0 Å². The van der Waals surface area contributed by atoms with Crippen LogP contribution in [0.3, 0.4) is 0 Å². The summed E-state index contributed by atoms with van der Waals surface area (Å²) >= 11 is 5.83. The first-order valence-corrected chi connectivity index (χ1v) is 10.4. The number of nitrogens with one attached hydrogen (secondary N) is 2. The molecule has 2 N–H and O–H groups in total. The molecular formula is C19H23ClN2O5S. The summed E-state index contributed by atoms with van der Waals surface area (Å²) in [5, 5.41) is 3.21. The van der Waals surface area contributed by atoms with E-state index < -0.39 is 22.0 Å². The highest BCUT2D eigenvalue weighted by atomic mass is 35.5. The zero-order chi connectivity index (χ0) is 20.9. The van der Waals surface area contributed by atoms with Gasteiger partial charge in [0.15, 0.2) is 6.10 Å². The first-order chi connectivity index (χ1) is 13.1. The van der Waals surface area contributed by atoms with E-state index in [0.29, 0.717) is 16.5 Å². The van der Waals surface area contributed by atoms with Crippen molar-refractivity contribution in [2.24, 2.45) is 0 Å². The number of carbonyl (C=O) groups excluding carboxylic acids is 1. The van der Waals surface area contributed by atoms with E-state index in [9.17, 15) is 13.2 Å². The Morgan fingerprint density at radius 2 is 1.71 bits per heavy atom. The van der Waals surface area contributed by atoms with Crippen molar-refractivity contribution >= 4 is 33.2 Å². The van der Waals surface area contributed by atoms with Crippen LogP contribution in [0.4, 0.5) is 5.69 Å². The SMILES string of the molecule is COc1ccc(S(=O)(=O)NC(C)C)cc1NC(=O)C(C)Oc1ccc(Cl)cc1. The molecule has 9 heteroatoms. The second-order valence-electron chi connectivity index (χ2n) is 6.34. The lowest BCUT2D eigenvalue weighted by atomic mass is 10.2. The quantitative estimate of drug-likeness (QED) is 0.674. The van der Waals surface area contributed by atoms with Crippen molar-refractivity contribution in [3.05, 3.63) is 47.5 Å². The maximum absolute atomic E-state index is 12.5. The minimum atomic E-state index is -3.72. The Balaban J connectivity index is 2.20. The molecule has 0 saturated carbocycles. The number of amides is 1.